The molecule has 0 spiro atoms. The van der Waals surface area contributed by atoms with Gasteiger partial charge in [0.2, 0.25) is 5.91 Å². The minimum absolute atomic E-state index is 0.0656. The van der Waals surface area contributed by atoms with Crippen LogP contribution in [0.1, 0.15) is 85.9 Å². The standard InChI is InChI=1S/C37H44N4O9/c1-7-8-9-10-33(43)40-18-17-28-13-16-30(49-25(5)38-37(45)48-21-27-11-14-29(15-12-27)41(46)47)20-31(28)34(40)36(44)39-32-19-22(2)35(50-26(6)42)24(4)23(32)3/h11-16,19-20,25,34H,7-10,17-18,21H2,1-6H3,(H,38,45)(H,39,44)/t25?,34-/m0/s1. The third-order valence-corrected chi connectivity index (χ3v) is 8.59. The fraction of sp³-hybridized carbons (Fsp3) is 0.405. The lowest BCUT2D eigenvalue weighted by Crippen LogP contribution is -2.45. The van der Waals surface area contributed by atoms with E-state index in [1.165, 1.54) is 31.2 Å². The number of ether oxygens (including phenoxy) is 3. The SMILES string of the molecule is CCCCCC(=O)N1CCc2ccc(OC(C)NC(=O)OCc3ccc([N+](=O)[O-])cc3)cc2[C@H]1C(=O)Nc1cc(C)c(OC(C)=O)c(C)c1C. The van der Waals surface area contributed by atoms with Crippen molar-refractivity contribution < 1.29 is 38.3 Å². The van der Waals surface area contributed by atoms with Gasteiger partial charge in [0.1, 0.15) is 24.1 Å². The lowest BCUT2D eigenvalue weighted by molar-refractivity contribution is -0.384. The Hall–Kier alpha value is -5.46. The van der Waals surface area contributed by atoms with Gasteiger partial charge in [0.05, 0.1) is 4.92 Å². The quantitative estimate of drug-likeness (QED) is 0.0494. The topological polar surface area (TPSA) is 166 Å². The third-order valence-electron chi connectivity index (χ3n) is 8.59. The van der Waals surface area contributed by atoms with Gasteiger partial charge in [-0.3, -0.25) is 29.8 Å². The summed E-state index contributed by atoms with van der Waals surface area (Å²) >= 11 is 0. The normalized spacial score (nSPS) is 14.2. The highest BCUT2D eigenvalue weighted by Crippen LogP contribution is 2.37. The number of fused-ring (bicyclic) bond motifs is 1. The first-order valence-corrected chi connectivity index (χ1v) is 16.6. The fourth-order valence-electron chi connectivity index (χ4n) is 5.88. The lowest BCUT2D eigenvalue weighted by Gasteiger charge is -2.37. The maximum Gasteiger partial charge on any atom is 0.410 e. The molecule has 2 atom stereocenters. The van der Waals surface area contributed by atoms with Gasteiger partial charge in [-0.25, -0.2) is 4.79 Å². The number of non-ortho nitro benzene ring substituents is 1. The Balaban J connectivity index is 1.53. The number of nitro groups is 1. The van der Waals surface area contributed by atoms with Crippen molar-refractivity contribution in [3.8, 4) is 11.5 Å². The number of rotatable bonds is 13. The molecule has 266 valence electrons. The number of hydrogen-bond acceptors (Lipinski definition) is 9. The number of carbonyl (C=O) groups is 4. The van der Waals surface area contributed by atoms with Crippen LogP contribution in [0.5, 0.6) is 11.5 Å². The summed E-state index contributed by atoms with van der Waals surface area (Å²) < 4.78 is 16.7. The molecule has 0 saturated heterocycles. The molecule has 3 aromatic rings. The summed E-state index contributed by atoms with van der Waals surface area (Å²) in [4.78, 5) is 63.9. The highest BCUT2D eigenvalue weighted by Gasteiger charge is 2.36. The van der Waals surface area contributed by atoms with E-state index < -0.39 is 35.2 Å². The Kier molecular flexibility index (Phi) is 12.5. The molecule has 0 bridgehead atoms. The molecule has 0 saturated carbocycles. The summed E-state index contributed by atoms with van der Waals surface area (Å²) in [6.07, 6.45) is 1.86. The van der Waals surface area contributed by atoms with E-state index in [0.717, 1.165) is 36.0 Å². The Morgan fingerprint density at radius 1 is 1.02 bits per heavy atom. The minimum Gasteiger partial charge on any atom is -0.471 e. The van der Waals surface area contributed by atoms with Crippen molar-refractivity contribution in [1.82, 2.24) is 10.2 Å². The number of alkyl carbamates (subject to hydrolysis) is 1. The van der Waals surface area contributed by atoms with Crippen molar-refractivity contribution in [2.24, 2.45) is 0 Å². The highest BCUT2D eigenvalue weighted by atomic mass is 16.6. The van der Waals surface area contributed by atoms with E-state index in [2.05, 4.69) is 17.6 Å². The fourth-order valence-corrected chi connectivity index (χ4v) is 5.88. The van der Waals surface area contributed by atoms with E-state index in [1.54, 1.807) is 36.9 Å². The summed E-state index contributed by atoms with van der Waals surface area (Å²) in [6.45, 7) is 10.7. The summed E-state index contributed by atoms with van der Waals surface area (Å²) in [5.74, 6) is -0.127. The summed E-state index contributed by atoms with van der Waals surface area (Å²) in [5.41, 5.74) is 4.70. The number of nitrogens with zero attached hydrogens (tertiary/aromatic N) is 2. The van der Waals surface area contributed by atoms with Crippen LogP contribution in [-0.4, -0.2) is 46.5 Å². The van der Waals surface area contributed by atoms with E-state index in [1.807, 2.05) is 19.9 Å². The van der Waals surface area contributed by atoms with Gasteiger partial charge < -0.3 is 24.4 Å². The second kappa shape index (κ2) is 16.8. The molecule has 0 aliphatic carbocycles. The van der Waals surface area contributed by atoms with Crippen LogP contribution >= 0.6 is 0 Å². The summed E-state index contributed by atoms with van der Waals surface area (Å²) in [7, 11) is 0. The van der Waals surface area contributed by atoms with Crippen LogP contribution in [0.4, 0.5) is 16.2 Å². The van der Waals surface area contributed by atoms with Crippen LogP contribution in [0.15, 0.2) is 48.5 Å². The van der Waals surface area contributed by atoms with Crippen molar-refractivity contribution in [3.05, 3.63) is 92.0 Å². The number of aryl methyl sites for hydroxylation is 1. The number of benzene rings is 3. The number of hydrogen-bond donors (Lipinski definition) is 2. The molecule has 1 aliphatic rings. The van der Waals surface area contributed by atoms with Crippen LogP contribution < -0.4 is 20.1 Å². The number of nitro benzene ring substituents is 1. The van der Waals surface area contributed by atoms with Gasteiger partial charge >= 0.3 is 12.1 Å². The van der Waals surface area contributed by atoms with E-state index in [4.69, 9.17) is 14.2 Å². The minimum atomic E-state index is -0.945. The first kappa shape index (κ1) is 37.4. The van der Waals surface area contributed by atoms with Gasteiger partial charge in [-0.1, -0.05) is 25.8 Å². The van der Waals surface area contributed by atoms with Gasteiger partial charge in [-0.2, -0.15) is 0 Å². The predicted octanol–water partition coefficient (Wildman–Crippen LogP) is 6.74. The summed E-state index contributed by atoms with van der Waals surface area (Å²) in [5, 5.41) is 16.5. The molecule has 13 nitrogen and oxygen atoms in total. The average molecular weight is 689 g/mol. The molecule has 3 aromatic carbocycles. The zero-order valence-electron chi connectivity index (χ0n) is 29.3. The third kappa shape index (κ3) is 9.36. The van der Waals surface area contributed by atoms with Crippen LogP contribution in [0.2, 0.25) is 0 Å². The molecule has 1 heterocycles. The lowest BCUT2D eigenvalue weighted by atomic mass is 9.91. The smallest absolute Gasteiger partial charge is 0.410 e. The molecule has 0 fully saturated rings. The van der Waals surface area contributed by atoms with Crippen LogP contribution in [0.3, 0.4) is 0 Å². The maximum atomic E-state index is 14.2. The highest BCUT2D eigenvalue weighted by molar-refractivity contribution is 5.99. The van der Waals surface area contributed by atoms with Crippen molar-refractivity contribution in [2.75, 3.05) is 11.9 Å². The molecule has 50 heavy (non-hydrogen) atoms. The summed E-state index contributed by atoms with van der Waals surface area (Å²) in [6, 6.07) is 11.8. The van der Waals surface area contributed by atoms with E-state index >= 15 is 0 Å². The van der Waals surface area contributed by atoms with E-state index in [9.17, 15) is 29.3 Å². The van der Waals surface area contributed by atoms with Crippen molar-refractivity contribution in [2.45, 2.75) is 92.5 Å². The van der Waals surface area contributed by atoms with Crippen molar-refractivity contribution in [1.29, 1.82) is 0 Å². The molecular formula is C37H44N4O9. The van der Waals surface area contributed by atoms with Gasteiger partial charge in [0.25, 0.3) is 11.6 Å². The van der Waals surface area contributed by atoms with Gasteiger partial charge in [-0.15, -0.1) is 0 Å². The molecular weight excluding hydrogens is 644 g/mol. The Bertz CT molecular complexity index is 1760. The number of unbranched alkanes of at least 4 members (excludes halogenated alkanes) is 2. The van der Waals surface area contributed by atoms with Crippen LogP contribution in [0, 0.1) is 30.9 Å². The first-order valence-electron chi connectivity index (χ1n) is 16.6. The number of nitrogens with one attached hydrogen (secondary N) is 2. The maximum absolute atomic E-state index is 14.2. The van der Waals surface area contributed by atoms with Gasteiger partial charge in [-0.05, 0) is 104 Å². The monoisotopic (exact) mass is 688 g/mol. The predicted molar refractivity (Wildman–Crippen MR) is 186 cm³/mol. The number of amides is 3. The van der Waals surface area contributed by atoms with Crippen molar-refractivity contribution >= 4 is 35.3 Å². The molecule has 1 aliphatic heterocycles. The van der Waals surface area contributed by atoms with E-state index in [0.29, 0.717) is 53.3 Å². The Labute approximate surface area is 291 Å². The van der Waals surface area contributed by atoms with Crippen LogP contribution in [0.25, 0.3) is 0 Å². The largest absolute Gasteiger partial charge is 0.471 e. The Morgan fingerprint density at radius 2 is 1.74 bits per heavy atom. The number of carbonyl (C=O) groups excluding carboxylic acids is 4. The van der Waals surface area contributed by atoms with Crippen LogP contribution in [-0.2, 0) is 32.1 Å². The van der Waals surface area contributed by atoms with Gasteiger partial charge in [0.15, 0.2) is 6.23 Å². The number of anilines is 1. The average Bonchev–Trinajstić information content (AvgIpc) is 3.07. The van der Waals surface area contributed by atoms with Crippen molar-refractivity contribution in [3.63, 3.8) is 0 Å². The zero-order chi connectivity index (χ0) is 36.5. The molecule has 2 N–H and O–H groups in total. The molecule has 0 radical (unpaired) electrons. The molecule has 1 unspecified atom stereocenters. The number of esters is 1. The molecule has 4 rings (SSSR count). The zero-order valence-corrected chi connectivity index (χ0v) is 29.3. The van der Waals surface area contributed by atoms with Gasteiger partial charge in [0, 0.05) is 37.7 Å². The van der Waals surface area contributed by atoms with E-state index in [-0.39, 0.29) is 18.2 Å². The molecule has 3 amide bonds. The Morgan fingerprint density at radius 3 is 2.40 bits per heavy atom. The molecule has 13 heteroatoms. The second-order valence-electron chi connectivity index (χ2n) is 12.4. The first-order chi connectivity index (χ1) is 23.8. The second-order valence-corrected chi connectivity index (χ2v) is 12.4. The molecule has 0 aromatic heterocycles.